The number of anilines is 3. The Bertz CT molecular complexity index is 2660. The fourth-order valence-electron chi connectivity index (χ4n) is 8.46. The minimum Gasteiger partial charge on any atom is -0.310 e. The number of rotatable bonds is 6. The van der Waals surface area contributed by atoms with Crippen molar-refractivity contribution in [3.05, 3.63) is 222 Å². The monoisotopic (exact) mass is 817 g/mol. The van der Waals surface area contributed by atoms with Crippen LogP contribution < -0.4 is 56.3 Å². The molecule has 0 aliphatic heterocycles. The van der Waals surface area contributed by atoms with Gasteiger partial charge in [0.2, 0.25) is 0 Å². The van der Waals surface area contributed by atoms with Crippen molar-refractivity contribution in [2.45, 2.75) is 71.6 Å². The molecule has 0 saturated heterocycles. The summed E-state index contributed by atoms with van der Waals surface area (Å²) in [5.74, 6) is 0. The van der Waals surface area contributed by atoms with E-state index in [1.165, 1.54) is 72.6 Å². The molecule has 1 aliphatic rings. The smallest absolute Gasteiger partial charge is 0.310 e. The molecule has 0 aromatic heterocycles. The van der Waals surface area contributed by atoms with Crippen LogP contribution in [0.25, 0.3) is 44.5 Å². The molecule has 0 unspecified atom stereocenters. The molecule has 0 radical (unpaired) electrons. The Morgan fingerprint density at radius 2 is 0.918 bits per heavy atom. The van der Waals surface area contributed by atoms with Gasteiger partial charge in [0.1, 0.15) is 0 Å². The summed E-state index contributed by atoms with van der Waals surface area (Å²) < 4.78 is 0. The summed E-state index contributed by atoms with van der Waals surface area (Å²) in [7, 11) is 0. The Morgan fingerprint density at radius 1 is 0.410 bits per heavy atom. The Kier molecular flexibility index (Phi) is 13.3. The number of benzene rings is 8. The summed E-state index contributed by atoms with van der Waals surface area (Å²) in [6, 6.07) is 73.5. The van der Waals surface area contributed by atoms with E-state index in [4.69, 9.17) is 0 Å². The molecule has 0 amide bonds. The molecule has 0 bridgehead atoms. The summed E-state index contributed by atoms with van der Waals surface area (Å²) in [5.41, 5.74) is 18.8. The second-order valence-corrected chi connectivity index (χ2v) is 18.6. The molecule has 61 heavy (non-hydrogen) atoms. The van der Waals surface area contributed by atoms with Crippen LogP contribution in [0, 0.1) is 6.07 Å². The maximum absolute atomic E-state index is 3.18. The number of hydrogen-bond acceptors (Lipinski definition) is 1. The van der Waals surface area contributed by atoms with E-state index >= 15 is 0 Å². The van der Waals surface area contributed by atoms with Crippen LogP contribution in [0.1, 0.15) is 77.6 Å². The van der Waals surface area contributed by atoms with E-state index in [2.05, 4.69) is 224 Å². The summed E-state index contributed by atoms with van der Waals surface area (Å²) in [6.07, 6.45) is 0. The summed E-state index contributed by atoms with van der Waals surface area (Å²) >= 11 is 0. The number of fused-ring (bicyclic) bond motifs is 3. The molecule has 9 rings (SSSR count). The van der Waals surface area contributed by atoms with E-state index in [0.717, 1.165) is 11.3 Å². The minimum atomic E-state index is -0.0936. The van der Waals surface area contributed by atoms with Gasteiger partial charge in [-0.3, -0.25) is 0 Å². The van der Waals surface area contributed by atoms with E-state index in [-0.39, 0.29) is 67.6 Å². The zero-order chi connectivity index (χ0) is 42.1. The molecule has 0 spiro atoms. The third-order valence-electron chi connectivity index (χ3n) is 12.0. The van der Waals surface area contributed by atoms with Crippen molar-refractivity contribution in [2.75, 3.05) is 4.90 Å². The van der Waals surface area contributed by atoms with E-state index in [9.17, 15) is 0 Å². The van der Waals surface area contributed by atoms with Crippen LogP contribution in [0.15, 0.2) is 194 Å². The van der Waals surface area contributed by atoms with Gasteiger partial charge in [0, 0.05) is 22.4 Å². The predicted octanol–water partition coefficient (Wildman–Crippen LogP) is 13.5. The average molecular weight is 818 g/mol. The zero-order valence-electron chi connectivity index (χ0n) is 37.4. The van der Waals surface area contributed by atoms with E-state index in [1.54, 1.807) is 0 Å². The van der Waals surface area contributed by atoms with Gasteiger partial charge in [-0.05, 0) is 91.2 Å². The molecule has 1 nitrogen and oxygen atoms in total. The minimum absolute atomic E-state index is 0. The Hall–Kier alpha value is -4.80. The van der Waals surface area contributed by atoms with Crippen LogP contribution in [0.3, 0.4) is 0 Å². The second-order valence-electron chi connectivity index (χ2n) is 18.6. The zero-order valence-corrected chi connectivity index (χ0v) is 40.5. The van der Waals surface area contributed by atoms with Crippen LogP contribution in [0.5, 0.6) is 0 Å². The molecule has 8 aromatic rings. The standard InChI is InChI=1S/C47H47N.C12H9.K/c1-45(2,3)35-22-18-34(19-23-35)39-28-24-36(46(4,5)6)30-44(39)48(37-25-20-33(21-26-37)32-14-10-9-11-15-32)38-27-29-41-40-16-12-13-17-42(40)47(7,8)43(41)31-38;1-3-7-11(8-4-1)12-9-5-2-6-10-12;/h9-31H,1-8H3;1-9H;/q;-1;+1. The molecule has 2 heteroatoms. The summed E-state index contributed by atoms with van der Waals surface area (Å²) in [5, 5.41) is 0. The van der Waals surface area contributed by atoms with Crippen LogP contribution in [-0.2, 0) is 16.2 Å². The third kappa shape index (κ3) is 9.50. The molecule has 0 saturated carbocycles. The normalized spacial score (nSPS) is 12.6. The van der Waals surface area contributed by atoms with Crippen molar-refractivity contribution in [3.63, 3.8) is 0 Å². The van der Waals surface area contributed by atoms with Crippen molar-refractivity contribution in [3.8, 4) is 44.5 Å². The third-order valence-corrected chi connectivity index (χ3v) is 12.0. The van der Waals surface area contributed by atoms with Crippen LogP contribution in [0.4, 0.5) is 17.1 Å². The largest absolute Gasteiger partial charge is 1.00 e. The molecular weight excluding hydrogens is 762 g/mol. The SMILES string of the molecule is CC(C)(C)c1ccc(-c2ccc(C(C)(C)C)cc2N(c2ccc(-c3ccccc3)cc2)c2ccc3c(c2)C(C)(C)c2ccccc2-3)cc1.[K+].[c-]1ccccc1-c1ccccc1. The van der Waals surface area contributed by atoms with Gasteiger partial charge in [-0.15, -0.1) is 35.9 Å². The van der Waals surface area contributed by atoms with Gasteiger partial charge < -0.3 is 4.90 Å². The molecule has 0 fully saturated rings. The molecule has 298 valence electrons. The maximum atomic E-state index is 3.18. The molecular formula is C59H56KN. The molecule has 0 N–H and O–H groups in total. The quantitative estimate of drug-likeness (QED) is 0.119. The van der Waals surface area contributed by atoms with Gasteiger partial charge in [-0.1, -0.05) is 200 Å². The van der Waals surface area contributed by atoms with Crippen LogP contribution in [0.2, 0.25) is 0 Å². The first-order chi connectivity index (χ1) is 28.8. The molecule has 0 atom stereocenters. The predicted molar refractivity (Wildman–Crippen MR) is 258 cm³/mol. The van der Waals surface area contributed by atoms with Crippen molar-refractivity contribution in [1.82, 2.24) is 0 Å². The second kappa shape index (κ2) is 18.3. The van der Waals surface area contributed by atoms with Gasteiger partial charge in [0.05, 0.1) is 5.69 Å². The number of nitrogens with zero attached hydrogens (tertiary/aromatic N) is 1. The van der Waals surface area contributed by atoms with Crippen molar-refractivity contribution >= 4 is 17.1 Å². The van der Waals surface area contributed by atoms with Gasteiger partial charge in [0.25, 0.3) is 0 Å². The first-order valence-electron chi connectivity index (χ1n) is 21.3. The fourth-order valence-corrected chi connectivity index (χ4v) is 8.46. The van der Waals surface area contributed by atoms with Crippen molar-refractivity contribution in [2.24, 2.45) is 0 Å². The maximum Gasteiger partial charge on any atom is 1.00 e. The van der Waals surface area contributed by atoms with E-state index in [1.807, 2.05) is 36.4 Å². The van der Waals surface area contributed by atoms with Gasteiger partial charge >= 0.3 is 51.4 Å². The molecule has 8 aromatic carbocycles. The molecule has 0 heterocycles. The summed E-state index contributed by atoms with van der Waals surface area (Å²) in [6.45, 7) is 18.5. The average Bonchev–Trinajstić information content (AvgIpc) is 3.50. The van der Waals surface area contributed by atoms with E-state index in [0.29, 0.717) is 0 Å². The van der Waals surface area contributed by atoms with Crippen molar-refractivity contribution in [1.29, 1.82) is 0 Å². The Morgan fingerprint density at radius 3 is 1.54 bits per heavy atom. The molecule has 1 aliphatic carbocycles. The number of hydrogen-bond donors (Lipinski definition) is 0. The van der Waals surface area contributed by atoms with Crippen molar-refractivity contribution < 1.29 is 51.4 Å². The summed E-state index contributed by atoms with van der Waals surface area (Å²) in [4.78, 5) is 2.48. The Labute approximate surface area is 408 Å². The Balaban J connectivity index is 0.000000370. The van der Waals surface area contributed by atoms with Crippen LogP contribution >= 0.6 is 0 Å². The van der Waals surface area contributed by atoms with Gasteiger partial charge in [0.15, 0.2) is 0 Å². The van der Waals surface area contributed by atoms with E-state index < -0.39 is 0 Å². The van der Waals surface area contributed by atoms with Gasteiger partial charge in [-0.25, -0.2) is 0 Å². The first kappa shape index (κ1) is 44.3. The first-order valence-corrected chi connectivity index (χ1v) is 21.3. The fraction of sp³-hybridized carbons (Fsp3) is 0.186. The van der Waals surface area contributed by atoms with Gasteiger partial charge in [-0.2, -0.15) is 0 Å². The topological polar surface area (TPSA) is 3.24 Å². The van der Waals surface area contributed by atoms with Crippen LogP contribution in [-0.4, -0.2) is 0 Å².